The molecule has 0 aliphatic carbocycles. The number of hydrogen-bond donors (Lipinski definition) is 1. The summed E-state index contributed by atoms with van der Waals surface area (Å²) in [6.45, 7) is 1.60. The highest BCUT2D eigenvalue weighted by atomic mass is 32.2. The maximum absolute atomic E-state index is 12.6. The topological polar surface area (TPSA) is 94.2 Å². The van der Waals surface area contributed by atoms with Gasteiger partial charge in [0, 0.05) is 12.6 Å². The number of benzene rings is 1. The van der Waals surface area contributed by atoms with Crippen molar-refractivity contribution in [3.8, 4) is 0 Å². The molecule has 0 fully saturated rings. The molecule has 0 saturated heterocycles. The van der Waals surface area contributed by atoms with Crippen molar-refractivity contribution in [3.63, 3.8) is 0 Å². The number of fused-ring (bicyclic) bond motifs is 1. The molecule has 0 spiro atoms. The van der Waals surface area contributed by atoms with E-state index in [1.54, 1.807) is 6.92 Å². The minimum Gasteiger partial charge on any atom is -0.325 e. The number of thioether (sulfide) groups is 1. The maximum Gasteiger partial charge on any atom is 0.445 e. The zero-order chi connectivity index (χ0) is 22.2. The highest BCUT2D eigenvalue weighted by Crippen LogP contribution is 2.30. The average molecular weight is 440 g/mol. The monoisotopic (exact) mass is 440 g/mol. The van der Waals surface area contributed by atoms with E-state index in [0.29, 0.717) is 10.9 Å². The third-order valence-electron chi connectivity index (χ3n) is 4.40. The first-order valence-corrected chi connectivity index (χ1v) is 9.63. The van der Waals surface area contributed by atoms with Gasteiger partial charge in [-0.3, -0.25) is 9.59 Å². The van der Waals surface area contributed by atoms with Crippen LogP contribution in [0.5, 0.6) is 0 Å². The van der Waals surface area contributed by atoms with Gasteiger partial charge in [0.15, 0.2) is 5.92 Å². The highest BCUT2D eigenvalue weighted by molar-refractivity contribution is 8.14. The van der Waals surface area contributed by atoms with Gasteiger partial charge in [-0.05, 0) is 24.3 Å². The van der Waals surface area contributed by atoms with Crippen molar-refractivity contribution in [2.45, 2.75) is 13.1 Å². The number of hydrogen-bond acceptors (Lipinski definition) is 6. The van der Waals surface area contributed by atoms with Crippen LogP contribution in [0.2, 0.25) is 0 Å². The number of halogens is 3. The molecule has 1 aromatic rings. The molecule has 158 valence electrons. The van der Waals surface area contributed by atoms with Crippen LogP contribution in [0.25, 0.3) is 0 Å². The maximum atomic E-state index is 12.6. The largest absolute Gasteiger partial charge is 0.445 e. The molecule has 3 rings (SSSR count). The van der Waals surface area contributed by atoms with Crippen LogP contribution in [0.4, 0.5) is 23.7 Å². The average Bonchev–Trinajstić information content (AvgIpc) is 2.68. The van der Waals surface area contributed by atoms with Crippen LogP contribution in [0.3, 0.4) is 0 Å². The van der Waals surface area contributed by atoms with Crippen molar-refractivity contribution in [1.29, 1.82) is 0 Å². The van der Waals surface area contributed by atoms with E-state index in [1.165, 1.54) is 18.7 Å². The molecule has 1 aromatic carbocycles. The lowest BCUT2D eigenvalue weighted by Gasteiger charge is -2.26. The van der Waals surface area contributed by atoms with Crippen LogP contribution in [-0.4, -0.2) is 63.9 Å². The SMILES string of the molecule is CC1=NC2=[N+](C)C(=O)N(C)C(=O)C2C(SCC(=O)Nc2ccc(C(F)(F)F)cc2)=N1. The van der Waals surface area contributed by atoms with E-state index in [4.69, 9.17) is 0 Å². The second-order valence-corrected chi connectivity index (χ2v) is 7.55. The zero-order valence-electron chi connectivity index (χ0n) is 16.1. The van der Waals surface area contributed by atoms with Crippen molar-refractivity contribution in [1.82, 2.24) is 4.90 Å². The van der Waals surface area contributed by atoms with Gasteiger partial charge in [0.2, 0.25) is 11.7 Å². The van der Waals surface area contributed by atoms with Gasteiger partial charge in [-0.1, -0.05) is 16.8 Å². The van der Waals surface area contributed by atoms with Gasteiger partial charge >= 0.3 is 18.1 Å². The van der Waals surface area contributed by atoms with Gasteiger partial charge in [0.25, 0.3) is 5.84 Å². The van der Waals surface area contributed by atoms with Crippen molar-refractivity contribution in [3.05, 3.63) is 29.8 Å². The molecule has 0 saturated carbocycles. The van der Waals surface area contributed by atoms with Gasteiger partial charge < -0.3 is 5.32 Å². The fourth-order valence-electron chi connectivity index (χ4n) is 2.88. The summed E-state index contributed by atoms with van der Waals surface area (Å²) < 4.78 is 39.1. The molecular formula is C18H17F3N5O3S+. The number of imide groups is 1. The molecule has 0 aromatic heterocycles. The molecular weight excluding hydrogens is 423 g/mol. The van der Waals surface area contributed by atoms with Crippen LogP contribution in [0, 0.1) is 5.92 Å². The molecule has 0 bridgehead atoms. The number of amidine groups is 2. The standard InChI is InChI=1S/C18H16F3N5O3S/c1-9-22-14-13(16(28)26(3)17(29)25(14)2)15(23-9)30-8-12(27)24-11-6-4-10(5-7-11)18(19,20)21/h4-7,13H,8H2,1-3H3/p+1. The van der Waals surface area contributed by atoms with Gasteiger partial charge in [0.1, 0.15) is 5.04 Å². The Hall–Kier alpha value is -3.02. The van der Waals surface area contributed by atoms with Crippen LogP contribution >= 0.6 is 11.8 Å². The summed E-state index contributed by atoms with van der Waals surface area (Å²) in [7, 11) is 2.85. The molecule has 0 radical (unpaired) electrons. The summed E-state index contributed by atoms with van der Waals surface area (Å²) in [6.07, 6.45) is -4.46. The first-order chi connectivity index (χ1) is 14.0. The lowest BCUT2D eigenvalue weighted by Crippen LogP contribution is -2.54. The number of rotatable bonds is 3. The van der Waals surface area contributed by atoms with Crippen LogP contribution < -0.4 is 5.32 Å². The highest BCUT2D eigenvalue weighted by Gasteiger charge is 2.48. The molecule has 1 atom stereocenters. The lowest BCUT2D eigenvalue weighted by atomic mass is 10.1. The summed E-state index contributed by atoms with van der Waals surface area (Å²) >= 11 is 1.00. The van der Waals surface area contributed by atoms with Crippen molar-refractivity contribution < 1.29 is 32.1 Å². The predicted octanol–water partition coefficient (Wildman–Crippen LogP) is 2.46. The summed E-state index contributed by atoms with van der Waals surface area (Å²) in [5.74, 6) is -1.44. The van der Waals surface area contributed by atoms with Gasteiger partial charge in [-0.2, -0.15) is 22.6 Å². The second kappa shape index (κ2) is 8.01. The number of nitrogens with one attached hydrogen (secondary N) is 1. The van der Waals surface area contributed by atoms with E-state index >= 15 is 0 Å². The molecule has 2 heterocycles. The molecule has 2 aliphatic rings. The predicted molar refractivity (Wildman–Crippen MR) is 106 cm³/mol. The Kier molecular flexibility index (Phi) is 5.79. The van der Waals surface area contributed by atoms with Gasteiger partial charge in [0.05, 0.1) is 25.4 Å². The Balaban J connectivity index is 1.70. The third-order valence-corrected chi connectivity index (χ3v) is 5.42. The number of urea groups is 1. The summed E-state index contributed by atoms with van der Waals surface area (Å²) in [4.78, 5) is 46.3. The Morgan fingerprint density at radius 3 is 2.47 bits per heavy atom. The number of aliphatic imine (C=N–C) groups is 2. The van der Waals surface area contributed by atoms with Crippen molar-refractivity contribution in [2.24, 2.45) is 15.9 Å². The fourth-order valence-corrected chi connectivity index (χ4v) is 3.80. The fraction of sp³-hybridized carbons (Fsp3) is 0.333. The number of carbonyl (C=O) groups is 3. The van der Waals surface area contributed by atoms with Crippen molar-refractivity contribution >= 4 is 52.0 Å². The van der Waals surface area contributed by atoms with E-state index in [-0.39, 0.29) is 17.3 Å². The normalized spacial score (nSPS) is 19.4. The van der Waals surface area contributed by atoms with E-state index in [2.05, 4.69) is 15.3 Å². The number of nitrogens with zero attached hydrogens (tertiary/aromatic N) is 4. The molecule has 4 amide bonds. The minimum absolute atomic E-state index is 0.133. The molecule has 8 nitrogen and oxygen atoms in total. The minimum atomic E-state index is -4.46. The summed E-state index contributed by atoms with van der Waals surface area (Å²) in [5, 5.41) is 2.82. The smallest absolute Gasteiger partial charge is 0.325 e. The molecule has 1 unspecified atom stereocenters. The quantitative estimate of drug-likeness (QED) is 0.731. The third kappa shape index (κ3) is 4.27. The molecule has 12 heteroatoms. The Labute approximate surface area is 173 Å². The number of alkyl halides is 3. The second-order valence-electron chi connectivity index (χ2n) is 6.55. The molecule has 2 aliphatic heterocycles. The number of carbonyl (C=O) groups excluding carboxylic acids is 3. The summed E-state index contributed by atoms with van der Waals surface area (Å²) in [5.41, 5.74) is -0.606. The van der Waals surface area contributed by atoms with E-state index < -0.39 is 35.5 Å². The lowest BCUT2D eigenvalue weighted by molar-refractivity contribution is -0.407. The van der Waals surface area contributed by atoms with Gasteiger partial charge in [-0.25, -0.2) is 9.79 Å². The van der Waals surface area contributed by atoms with Crippen LogP contribution in [0.15, 0.2) is 34.3 Å². The first-order valence-electron chi connectivity index (χ1n) is 8.65. The zero-order valence-corrected chi connectivity index (χ0v) is 17.0. The first kappa shape index (κ1) is 21.7. The Morgan fingerprint density at radius 2 is 1.87 bits per heavy atom. The molecule has 1 N–H and O–H groups in total. The van der Waals surface area contributed by atoms with Gasteiger partial charge in [-0.15, -0.1) is 0 Å². The Morgan fingerprint density at radius 1 is 1.23 bits per heavy atom. The number of amides is 4. The van der Waals surface area contributed by atoms with Crippen LogP contribution in [-0.2, 0) is 15.8 Å². The summed E-state index contributed by atoms with van der Waals surface area (Å²) in [6, 6.07) is 3.55. The van der Waals surface area contributed by atoms with E-state index in [9.17, 15) is 27.6 Å². The van der Waals surface area contributed by atoms with Crippen LogP contribution in [0.1, 0.15) is 12.5 Å². The van der Waals surface area contributed by atoms with E-state index in [0.717, 1.165) is 40.9 Å². The van der Waals surface area contributed by atoms with Crippen molar-refractivity contribution in [2.75, 3.05) is 25.2 Å². The number of anilines is 1. The van der Waals surface area contributed by atoms with E-state index in [1.807, 2.05) is 0 Å². The molecule has 30 heavy (non-hydrogen) atoms. The Bertz CT molecular complexity index is 1010.